The molecule has 0 aromatic carbocycles. The predicted octanol–water partition coefficient (Wildman–Crippen LogP) is 2.29. The molecule has 0 aliphatic heterocycles. The van der Waals surface area contributed by atoms with Crippen LogP contribution in [0.1, 0.15) is 28.4 Å². The number of aromatic nitrogens is 2. The summed E-state index contributed by atoms with van der Waals surface area (Å²) < 4.78 is 1.93. The van der Waals surface area contributed by atoms with Gasteiger partial charge in [0.05, 0.1) is 18.1 Å². The molecule has 2 heterocycles. The van der Waals surface area contributed by atoms with E-state index in [4.69, 9.17) is 5.73 Å². The molecule has 2 N–H and O–H groups in total. The van der Waals surface area contributed by atoms with Crippen molar-refractivity contribution in [3.63, 3.8) is 0 Å². The molecule has 3 nitrogen and oxygen atoms in total. The van der Waals surface area contributed by atoms with Crippen LogP contribution in [0.5, 0.6) is 0 Å². The fourth-order valence-electron chi connectivity index (χ4n) is 1.67. The van der Waals surface area contributed by atoms with E-state index in [9.17, 15) is 0 Å². The van der Waals surface area contributed by atoms with Crippen LogP contribution in [0.15, 0.2) is 24.7 Å². The molecular formula is C12H17N3S. The van der Waals surface area contributed by atoms with E-state index in [-0.39, 0.29) is 6.04 Å². The Morgan fingerprint density at radius 1 is 1.44 bits per heavy atom. The highest BCUT2D eigenvalue weighted by Crippen LogP contribution is 2.22. The van der Waals surface area contributed by atoms with Crippen molar-refractivity contribution in [2.24, 2.45) is 12.8 Å². The van der Waals surface area contributed by atoms with Crippen LogP contribution in [-0.4, -0.2) is 9.55 Å². The Morgan fingerprint density at radius 2 is 2.19 bits per heavy atom. The first kappa shape index (κ1) is 11.4. The van der Waals surface area contributed by atoms with Gasteiger partial charge in [-0.15, -0.1) is 11.3 Å². The van der Waals surface area contributed by atoms with Gasteiger partial charge < -0.3 is 10.3 Å². The van der Waals surface area contributed by atoms with Crippen molar-refractivity contribution in [2.45, 2.75) is 25.8 Å². The van der Waals surface area contributed by atoms with Crippen LogP contribution < -0.4 is 5.73 Å². The van der Waals surface area contributed by atoms with Crippen LogP contribution in [0.3, 0.4) is 0 Å². The van der Waals surface area contributed by atoms with Crippen LogP contribution in [0, 0.1) is 0 Å². The molecule has 0 radical (unpaired) electrons. The van der Waals surface area contributed by atoms with Crippen LogP contribution in [0.25, 0.3) is 0 Å². The van der Waals surface area contributed by atoms with Gasteiger partial charge in [0.1, 0.15) is 0 Å². The fraction of sp³-hybridized carbons (Fsp3) is 0.417. The van der Waals surface area contributed by atoms with Crippen molar-refractivity contribution in [1.29, 1.82) is 0 Å². The first-order valence-electron chi connectivity index (χ1n) is 5.50. The lowest BCUT2D eigenvalue weighted by molar-refractivity contribution is 0.707. The second-order valence-electron chi connectivity index (χ2n) is 4.00. The molecule has 0 fully saturated rings. The molecule has 1 atom stereocenters. The van der Waals surface area contributed by atoms with Gasteiger partial charge in [-0.3, -0.25) is 0 Å². The fourth-order valence-corrected chi connectivity index (χ4v) is 2.68. The summed E-state index contributed by atoms with van der Waals surface area (Å²) in [5.74, 6) is 0. The molecule has 0 bridgehead atoms. The third kappa shape index (κ3) is 2.51. The topological polar surface area (TPSA) is 43.8 Å². The van der Waals surface area contributed by atoms with Gasteiger partial charge in [-0.25, -0.2) is 4.98 Å². The standard InChI is InChI=1S/C12H17N3S/c1-3-9-4-5-10(16-9)6-11(13)12-7-15(2)8-14-12/h4-5,7-8,11H,3,6,13H2,1-2H3. The minimum atomic E-state index is 0.00422. The van der Waals surface area contributed by atoms with E-state index < -0.39 is 0 Å². The SMILES string of the molecule is CCc1ccc(CC(N)c2cn(C)cn2)s1. The lowest BCUT2D eigenvalue weighted by Gasteiger charge is -2.06. The Bertz CT molecular complexity index is 458. The number of aryl methyl sites for hydroxylation is 2. The molecule has 1 unspecified atom stereocenters. The average molecular weight is 235 g/mol. The monoisotopic (exact) mass is 235 g/mol. The van der Waals surface area contributed by atoms with E-state index in [1.807, 2.05) is 29.1 Å². The molecule has 0 aliphatic rings. The Hall–Kier alpha value is -1.13. The molecule has 2 rings (SSSR count). The van der Waals surface area contributed by atoms with Gasteiger partial charge in [-0.05, 0) is 18.6 Å². The van der Waals surface area contributed by atoms with Gasteiger partial charge in [0, 0.05) is 29.4 Å². The van der Waals surface area contributed by atoms with E-state index in [1.165, 1.54) is 9.75 Å². The summed E-state index contributed by atoms with van der Waals surface area (Å²) in [6.45, 7) is 2.17. The summed E-state index contributed by atoms with van der Waals surface area (Å²) >= 11 is 1.85. The summed E-state index contributed by atoms with van der Waals surface area (Å²) in [7, 11) is 1.96. The van der Waals surface area contributed by atoms with E-state index in [0.29, 0.717) is 0 Å². The number of nitrogens with zero attached hydrogens (tertiary/aromatic N) is 2. The highest BCUT2D eigenvalue weighted by molar-refractivity contribution is 7.11. The van der Waals surface area contributed by atoms with Crippen molar-refractivity contribution in [3.05, 3.63) is 40.1 Å². The molecule has 0 aliphatic carbocycles. The molecule has 0 amide bonds. The Morgan fingerprint density at radius 3 is 2.75 bits per heavy atom. The van der Waals surface area contributed by atoms with Crippen molar-refractivity contribution < 1.29 is 0 Å². The third-order valence-electron chi connectivity index (χ3n) is 2.59. The Labute approximate surface area is 99.9 Å². The molecule has 2 aromatic heterocycles. The normalized spacial score (nSPS) is 12.9. The number of imidazole rings is 1. The lowest BCUT2D eigenvalue weighted by Crippen LogP contribution is -2.13. The third-order valence-corrected chi connectivity index (χ3v) is 3.84. The largest absolute Gasteiger partial charge is 0.340 e. The quantitative estimate of drug-likeness (QED) is 0.883. The van der Waals surface area contributed by atoms with Gasteiger partial charge >= 0.3 is 0 Å². The Balaban J connectivity index is 2.04. The molecule has 2 aromatic rings. The summed E-state index contributed by atoms with van der Waals surface area (Å²) in [6, 6.07) is 4.36. The smallest absolute Gasteiger partial charge is 0.0947 e. The predicted molar refractivity (Wildman–Crippen MR) is 67.5 cm³/mol. The Kier molecular flexibility index (Phi) is 3.41. The first-order chi connectivity index (χ1) is 7.69. The van der Waals surface area contributed by atoms with Crippen molar-refractivity contribution in [3.8, 4) is 0 Å². The van der Waals surface area contributed by atoms with Crippen LogP contribution in [-0.2, 0) is 19.9 Å². The van der Waals surface area contributed by atoms with Gasteiger partial charge in [-0.2, -0.15) is 0 Å². The molecule has 86 valence electrons. The molecule has 4 heteroatoms. The van der Waals surface area contributed by atoms with Crippen molar-refractivity contribution in [1.82, 2.24) is 9.55 Å². The van der Waals surface area contributed by atoms with E-state index in [0.717, 1.165) is 18.5 Å². The molecular weight excluding hydrogens is 218 g/mol. The maximum absolute atomic E-state index is 6.12. The van der Waals surface area contributed by atoms with Crippen LogP contribution >= 0.6 is 11.3 Å². The number of hydrogen-bond acceptors (Lipinski definition) is 3. The zero-order valence-corrected chi connectivity index (χ0v) is 10.5. The van der Waals surface area contributed by atoms with Gasteiger partial charge in [0.2, 0.25) is 0 Å². The zero-order valence-electron chi connectivity index (χ0n) is 9.68. The summed E-state index contributed by atoms with van der Waals surface area (Å²) in [6.07, 6.45) is 5.76. The maximum atomic E-state index is 6.12. The van der Waals surface area contributed by atoms with Crippen molar-refractivity contribution >= 4 is 11.3 Å². The summed E-state index contributed by atoms with van der Waals surface area (Å²) in [5.41, 5.74) is 7.09. The van der Waals surface area contributed by atoms with Gasteiger partial charge in [0.15, 0.2) is 0 Å². The second-order valence-corrected chi connectivity index (χ2v) is 5.25. The number of hydrogen-bond donors (Lipinski definition) is 1. The average Bonchev–Trinajstić information content (AvgIpc) is 2.87. The van der Waals surface area contributed by atoms with Crippen LogP contribution in [0.4, 0.5) is 0 Å². The molecule has 0 spiro atoms. The van der Waals surface area contributed by atoms with Gasteiger partial charge in [0.25, 0.3) is 0 Å². The van der Waals surface area contributed by atoms with Crippen molar-refractivity contribution in [2.75, 3.05) is 0 Å². The number of rotatable bonds is 4. The zero-order chi connectivity index (χ0) is 11.5. The second kappa shape index (κ2) is 4.80. The maximum Gasteiger partial charge on any atom is 0.0947 e. The highest BCUT2D eigenvalue weighted by atomic mass is 32.1. The minimum Gasteiger partial charge on any atom is -0.340 e. The molecule has 16 heavy (non-hydrogen) atoms. The van der Waals surface area contributed by atoms with E-state index in [2.05, 4.69) is 24.0 Å². The first-order valence-corrected chi connectivity index (χ1v) is 6.31. The minimum absolute atomic E-state index is 0.00422. The van der Waals surface area contributed by atoms with Gasteiger partial charge in [-0.1, -0.05) is 6.92 Å². The lowest BCUT2D eigenvalue weighted by atomic mass is 10.1. The summed E-state index contributed by atoms with van der Waals surface area (Å²) in [5, 5.41) is 0. The van der Waals surface area contributed by atoms with E-state index >= 15 is 0 Å². The molecule has 0 saturated carbocycles. The van der Waals surface area contributed by atoms with Crippen LogP contribution in [0.2, 0.25) is 0 Å². The summed E-state index contributed by atoms with van der Waals surface area (Å²) in [4.78, 5) is 7.04. The van der Waals surface area contributed by atoms with E-state index in [1.54, 1.807) is 6.33 Å². The number of thiophene rings is 1. The highest BCUT2D eigenvalue weighted by Gasteiger charge is 2.11. The molecule has 0 saturated heterocycles. The number of nitrogens with two attached hydrogens (primary N) is 1.